The minimum absolute atomic E-state index is 0.867. The van der Waals surface area contributed by atoms with Crippen molar-refractivity contribution in [3.05, 3.63) is 22.7 Å². The number of rotatable bonds is 4. The van der Waals surface area contributed by atoms with Crippen molar-refractivity contribution in [2.45, 2.75) is 19.8 Å². The van der Waals surface area contributed by atoms with Crippen molar-refractivity contribution in [3.63, 3.8) is 0 Å². The highest BCUT2D eigenvalue weighted by Gasteiger charge is 2.24. The zero-order valence-corrected chi connectivity index (χ0v) is 10.6. The smallest absolute Gasteiger partial charge is 0.0600 e. The summed E-state index contributed by atoms with van der Waals surface area (Å²) in [4.78, 5) is 2.37. The molecule has 0 aromatic heterocycles. The van der Waals surface area contributed by atoms with Crippen LogP contribution in [0, 0.1) is 5.92 Å². The molecule has 1 saturated carbocycles. The van der Waals surface area contributed by atoms with Crippen LogP contribution in [-0.4, -0.2) is 13.1 Å². The van der Waals surface area contributed by atoms with E-state index in [2.05, 4.69) is 39.9 Å². The first-order valence-corrected chi connectivity index (χ1v) is 6.30. The Morgan fingerprint density at radius 2 is 2.20 bits per heavy atom. The Bertz CT molecular complexity index is 347. The number of benzene rings is 1. The zero-order valence-electron chi connectivity index (χ0n) is 9.04. The summed E-state index contributed by atoms with van der Waals surface area (Å²) >= 11 is 3.43. The third-order valence-corrected chi connectivity index (χ3v) is 3.38. The summed E-state index contributed by atoms with van der Waals surface area (Å²) in [6.45, 7) is 4.37. The van der Waals surface area contributed by atoms with Crippen molar-refractivity contribution in [1.82, 2.24) is 0 Å². The van der Waals surface area contributed by atoms with Crippen LogP contribution in [0.3, 0.4) is 0 Å². The number of nitrogens with two attached hydrogens (primary N) is 1. The van der Waals surface area contributed by atoms with E-state index < -0.39 is 0 Å². The summed E-state index contributed by atoms with van der Waals surface area (Å²) < 4.78 is 1.05. The van der Waals surface area contributed by atoms with Crippen LogP contribution in [0.5, 0.6) is 0 Å². The van der Waals surface area contributed by atoms with Crippen molar-refractivity contribution < 1.29 is 0 Å². The molecule has 1 aliphatic rings. The average Bonchev–Trinajstić information content (AvgIpc) is 2.99. The lowest BCUT2D eigenvalue weighted by molar-refractivity contribution is 0.743. The van der Waals surface area contributed by atoms with Crippen molar-refractivity contribution in [1.29, 1.82) is 0 Å². The lowest BCUT2D eigenvalue weighted by Crippen LogP contribution is -2.26. The van der Waals surface area contributed by atoms with Crippen molar-refractivity contribution in [2.75, 3.05) is 23.7 Å². The topological polar surface area (TPSA) is 29.3 Å². The van der Waals surface area contributed by atoms with E-state index in [0.29, 0.717) is 0 Å². The van der Waals surface area contributed by atoms with E-state index in [-0.39, 0.29) is 0 Å². The normalized spacial score (nSPS) is 15.3. The maximum absolute atomic E-state index is 6.02. The first kappa shape index (κ1) is 10.8. The third-order valence-electron chi connectivity index (χ3n) is 2.89. The Morgan fingerprint density at radius 1 is 1.47 bits per heavy atom. The molecule has 2 nitrogen and oxygen atoms in total. The molecular formula is C12H17BrN2. The van der Waals surface area contributed by atoms with E-state index in [1.54, 1.807) is 0 Å². The van der Waals surface area contributed by atoms with Crippen LogP contribution < -0.4 is 10.6 Å². The minimum Gasteiger partial charge on any atom is -0.397 e. The zero-order chi connectivity index (χ0) is 10.8. The van der Waals surface area contributed by atoms with Gasteiger partial charge in [-0.05, 0) is 43.9 Å². The van der Waals surface area contributed by atoms with Crippen LogP contribution in [0.4, 0.5) is 11.4 Å². The van der Waals surface area contributed by atoms with Gasteiger partial charge in [0.05, 0.1) is 11.4 Å². The lowest BCUT2D eigenvalue weighted by Gasteiger charge is -2.24. The first-order chi connectivity index (χ1) is 7.20. The third kappa shape index (κ3) is 2.65. The van der Waals surface area contributed by atoms with E-state index in [9.17, 15) is 0 Å². The van der Waals surface area contributed by atoms with Gasteiger partial charge in [-0.25, -0.2) is 0 Å². The highest BCUT2D eigenvalue weighted by atomic mass is 79.9. The molecule has 0 amide bonds. The number of hydrogen-bond acceptors (Lipinski definition) is 2. The molecule has 15 heavy (non-hydrogen) atoms. The Morgan fingerprint density at radius 3 is 2.73 bits per heavy atom. The molecule has 0 radical (unpaired) electrons. The number of nitrogens with zero attached hydrogens (tertiary/aromatic N) is 1. The van der Waals surface area contributed by atoms with E-state index in [1.807, 2.05) is 6.07 Å². The molecule has 82 valence electrons. The molecule has 0 unspecified atom stereocenters. The second-order valence-corrected chi connectivity index (χ2v) is 5.10. The molecule has 0 heterocycles. The van der Waals surface area contributed by atoms with Crippen molar-refractivity contribution in [2.24, 2.45) is 5.92 Å². The largest absolute Gasteiger partial charge is 0.397 e. The van der Waals surface area contributed by atoms with Crippen LogP contribution in [0.2, 0.25) is 0 Å². The number of anilines is 2. The van der Waals surface area contributed by atoms with Crippen LogP contribution >= 0.6 is 15.9 Å². The summed E-state index contributed by atoms with van der Waals surface area (Å²) in [5, 5.41) is 0. The van der Waals surface area contributed by atoms with Gasteiger partial charge in [-0.2, -0.15) is 0 Å². The monoisotopic (exact) mass is 268 g/mol. The molecule has 0 spiro atoms. The van der Waals surface area contributed by atoms with Crippen molar-refractivity contribution in [3.8, 4) is 0 Å². The Labute approximate surface area is 99.6 Å². The Hall–Kier alpha value is -0.700. The standard InChI is InChI=1S/C12H17BrN2/c1-2-15(8-9-3-4-9)12-6-5-10(13)7-11(12)14/h5-7,9H,2-4,8,14H2,1H3. The molecule has 0 atom stereocenters. The van der Waals surface area contributed by atoms with Gasteiger partial charge >= 0.3 is 0 Å². The second kappa shape index (κ2) is 4.44. The molecule has 1 aliphatic carbocycles. The van der Waals surface area contributed by atoms with Gasteiger partial charge in [0.2, 0.25) is 0 Å². The molecule has 1 aromatic carbocycles. The molecule has 0 saturated heterocycles. The van der Waals surface area contributed by atoms with Crippen molar-refractivity contribution >= 4 is 27.3 Å². The van der Waals surface area contributed by atoms with Gasteiger partial charge in [-0.3, -0.25) is 0 Å². The Kier molecular flexibility index (Phi) is 3.19. The van der Waals surface area contributed by atoms with E-state index in [0.717, 1.165) is 29.2 Å². The van der Waals surface area contributed by atoms with Gasteiger partial charge < -0.3 is 10.6 Å². The molecule has 3 heteroatoms. The fourth-order valence-corrected chi connectivity index (χ4v) is 2.20. The van der Waals surface area contributed by atoms with Gasteiger partial charge in [0.15, 0.2) is 0 Å². The molecule has 2 N–H and O–H groups in total. The maximum Gasteiger partial charge on any atom is 0.0600 e. The van der Waals surface area contributed by atoms with E-state index >= 15 is 0 Å². The van der Waals surface area contributed by atoms with Gasteiger partial charge in [0, 0.05) is 17.6 Å². The first-order valence-electron chi connectivity index (χ1n) is 5.50. The predicted octanol–water partition coefficient (Wildman–Crippen LogP) is 3.27. The van der Waals surface area contributed by atoms with Crippen LogP contribution in [0.15, 0.2) is 22.7 Å². The number of nitrogen functional groups attached to an aromatic ring is 1. The lowest BCUT2D eigenvalue weighted by atomic mass is 10.2. The quantitative estimate of drug-likeness (QED) is 0.850. The highest BCUT2D eigenvalue weighted by molar-refractivity contribution is 9.10. The fourth-order valence-electron chi connectivity index (χ4n) is 1.82. The second-order valence-electron chi connectivity index (χ2n) is 4.19. The molecule has 1 fully saturated rings. The SMILES string of the molecule is CCN(CC1CC1)c1ccc(Br)cc1N. The van der Waals surface area contributed by atoms with Gasteiger partial charge in [-0.1, -0.05) is 15.9 Å². The summed E-state index contributed by atoms with van der Waals surface area (Å²) in [7, 11) is 0. The molecular weight excluding hydrogens is 252 g/mol. The Balaban J connectivity index is 2.16. The van der Waals surface area contributed by atoms with Gasteiger partial charge in [-0.15, -0.1) is 0 Å². The van der Waals surface area contributed by atoms with E-state index in [1.165, 1.54) is 18.5 Å². The fraction of sp³-hybridized carbons (Fsp3) is 0.500. The number of halogens is 1. The molecule has 1 aromatic rings. The maximum atomic E-state index is 6.02. The van der Waals surface area contributed by atoms with Crippen LogP contribution in [0.25, 0.3) is 0 Å². The predicted molar refractivity (Wildman–Crippen MR) is 69.2 cm³/mol. The van der Waals surface area contributed by atoms with Crippen LogP contribution in [0.1, 0.15) is 19.8 Å². The summed E-state index contributed by atoms with van der Waals surface area (Å²) in [5.41, 5.74) is 8.06. The van der Waals surface area contributed by atoms with E-state index in [4.69, 9.17) is 5.73 Å². The van der Waals surface area contributed by atoms with Gasteiger partial charge in [0.25, 0.3) is 0 Å². The molecule has 0 aliphatic heterocycles. The summed E-state index contributed by atoms with van der Waals surface area (Å²) in [6.07, 6.45) is 2.76. The van der Waals surface area contributed by atoms with Crippen LogP contribution in [-0.2, 0) is 0 Å². The number of hydrogen-bond donors (Lipinski definition) is 1. The average molecular weight is 269 g/mol. The molecule has 2 rings (SSSR count). The summed E-state index contributed by atoms with van der Waals surface area (Å²) in [5.74, 6) is 0.896. The van der Waals surface area contributed by atoms with Gasteiger partial charge in [0.1, 0.15) is 0 Å². The molecule has 0 bridgehead atoms. The highest BCUT2D eigenvalue weighted by Crippen LogP contribution is 2.33. The minimum atomic E-state index is 0.867. The summed E-state index contributed by atoms with van der Waals surface area (Å²) in [6, 6.07) is 6.14.